The first kappa shape index (κ1) is 16.6. The van der Waals surface area contributed by atoms with Gasteiger partial charge in [-0.2, -0.15) is 0 Å². The Balaban J connectivity index is 2.94. The van der Waals surface area contributed by atoms with E-state index in [1.54, 1.807) is 21.3 Å². The van der Waals surface area contributed by atoms with Crippen LogP contribution in [0.2, 0.25) is 0 Å². The normalized spacial score (nSPS) is 13.7. The molecule has 0 aliphatic carbocycles. The summed E-state index contributed by atoms with van der Waals surface area (Å²) in [7, 11) is 4.89. The fourth-order valence-corrected chi connectivity index (χ4v) is 1.99. The van der Waals surface area contributed by atoms with Crippen LogP contribution in [-0.2, 0) is 0 Å². The lowest BCUT2D eigenvalue weighted by molar-refractivity contribution is 0.323. The number of benzene rings is 1. The lowest BCUT2D eigenvalue weighted by atomic mass is 10.0. The molecule has 1 aromatic carbocycles. The molecule has 0 saturated carbocycles. The number of hydrogen-bond donors (Lipinski definition) is 1. The molecule has 4 nitrogen and oxygen atoms in total. The number of ether oxygens (including phenoxy) is 3. The summed E-state index contributed by atoms with van der Waals surface area (Å²) in [6.45, 7) is 7.59. The molecule has 2 atom stereocenters. The molecule has 0 aliphatic rings. The van der Waals surface area contributed by atoms with Gasteiger partial charge in [-0.3, -0.25) is 0 Å². The van der Waals surface area contributed by atoms with Crippen LogP contribution in [0.3, 0.4) is 0 Å². The molecule has 1 aromatic rings. The molecule has 114 valence electrons. The second kappa shape index (κ2) is 8.00. The first-order chi connectivity index (χ1) is 9.57. The molecule has 2 unspecified atom stereocenters. The minimum Gasteiger partial charge on any atom is -0.493 e. The fourth-order valence-electron chi connectivity index (χ4n) is 1.99. The maximum atomic E-state index is 5.38. The molecule has 0 heterocycles. The molecule has 1 rings (SSSR count). The summed E-state index contributed by atoms with van der Waals surface area (Å²) >= 11 is 0. The van der Waals surface area contributed by atoms with E-state index in [4.69, 9.17) is 14.2 Å². The summed E-state index contributed by atoms with van der Waals surface area (Å²) in [5, 5.41) is 3.54. The van der Waals surface area contributed by atoms with Crippen LogP contribution in [0.25, 0.3) is 0 Å². The van der Waals surface area contributed by atoms with E-state index >= 15 is 0 Å². The van der Waals surface area contributed by atoms with Crippen molar-refractivity contribution in [2.45, 2.75) is 33.2 Å². The number of hydrogen-bond acceptors (Lipinski definition) is 4. The summed E-state index contributed by atoms with van der Waals surface area (Å²) in [5.41, 5.74) is 1.13. The van der Waals surface area contributed by atoms with Gasteiger partial charge in [-0.25, -0.2) is 0 Å². The third-order valence-electron chi connectivity index (χ3n) is 3.66. The minimum absolute atomic E-state index is 0.234. The zero-order valence-corrected chi connectivity index (χ0v) is 13.4. The Morgan fingerprint density at radius 3 is 1.95 bits per heavy atom. The zero-order chi connectivity index (χ0) is 15.1. The van der Waals surface area contributed by atoms with Crippen LogP contribution in [0.1, 0.15) is 38.8 Å². The van der Waals surface area contributed by atoms with Gasteiger partial charge in [0.25, 0.3) is 0 Å². The van der Waals surface area contributed by atoms with Crippen molar-refractivity contribution in [3.05, 3.63) is 17.7 Å². The van der Waals surface area contributed by atoms with Gasteiger partial charge in [0.2, 0.25) is 5.75 Å². The van der Waals surface area contributed by atoms with Crippen LogP contribution in [-0.4, -0.2) is 27.9 Å². The van der Waals surface area contributed by atoms with Crippen LogP contribution in [0.4, 0.5) is 0 Å². The number of methoxy groups -OCH3 is 3. The van der Waals surface area contributed by atoms with Gasteiger partial charge in [0.15, 0.2) is 11.5 Å². The zero-order valence-electron chi connectivity index (χ0n) is 13.4. The van der Waals surface area contributed by atoms with Gasteiger partial charge in [0.1, 0.15) is 0 Å². The van der Waals surface area contributed by atoms with Crippen molar-refractivity contribution >= 4 is 0 Å². The van der Waals surface area contributed by atoms with Gasteiger partial charge < -0.3 is 19.5 Å². The second-order valence-corrected chi connectivity index (χ2v) is 5.10. The highest BCUT2D eigenvalue weighted by Crippen LogP contribution is 2.39. The Labute approximate surface area is 122 Å². The van der Waals surface area contributed by atoms with Crippen molar-refractivity contribution in [3.63, 3.8) is 0 Å². The third-order valence-corrected chi connectivity index (χ3v) is 3.66. The third kappa shape index (κ3) is 4.04. The Morgan fingerprint density at radius 2 is 1.55 bits per heavy atom. The number of rotatable bonds is 8. The highest BCUT2D eigenvalue weighted by atomic mass is 16.5. The van der Waals surface area contributed by atoms with E-state index < -0.39 is 0 Å². The molecule has 0 radical (unpaired) electrons. The van der Waals surface area contributed by atoms with Crippen LogP contribution in [0.15, 0.2) is 12.1 Å². The molecule has 0 bridgehead atoms. The van der Waals surface area contributed by atoms with Gasteiger partial charge in [-0.1, -0.05) is 20.3 Å². The molecule has 0 amide bonds. The van der Waals surface area contributed by atoms with E-state index in [0.717, 1.165) is 12.1 Å². The summed E-state index contributed by atoms with van der Waals surface area (Å²) in [6, 6.07) is 4.23. The predicted molar refractivity (Wildman–Crippen MR) is 82.0 cm³/mol. The minimum atomic E-state index is 0.234. The predicted octanol–water partition coefficient (Wildman–Crippen LogP) is 3.41. The van der Waals surface area contributed by atoms with Gasteiger partial charge in [-0.15, -0.1) is 0 Å². The van der Waals surface area contributed by atoms with E-state index in [1.165, 1.54) is 6.42 Å². The van der Waals surface area contributed by atoms with Crippen molar-refractivity contribution in [2.75, 3.05) is 27.9 Å². The van der Waals surface area contributed by atoms with Crippen LogP contribution >= 0.6 is 0 Å². The smallest absolute Gasteiger partial charge is 0.203 e. The molecule has 20 heavy (non-hydrogen) atoms. The van der Waals surface area contributed by atoms with E-state index in [0.29, 0.717) is 23.2 Å². The summed E-state index contributed by atoms with van der Waals surface area (Å²) < 4.78 is 16.1. The summed E-state index contributed by atoms with van der Waals surface area (Å²) in [4.78, 5) is 0. The largest absolute Gasteiger partial charge is 0.493 e. The van der Waals surface area contributed by atoms with Crippen LogP contribution in [0, 0.1) is 5.92 Å². The van der Waals surface area contributed by atoms with Crippen molar-refractivity contribution < 1.29 is 14.2 Å². The summed E-state index contributed by atoms with van der Waals surface area (Å²) in [5.74, 6) is 2.69. The molecule has 0 aliphatic heterocycles. The van der Waals surface area contributed by atoms with Crippen LogP contribution < -0.4 is 19.5 Å². The molecular weight excluding hydrogens is 254 g/mol. The van der Waals surface area contributed by atoms with Gasteiger partial charge >= 0.3 is 0 Å². The molecule has 0 aromatic heterocycles. The van der Waals surface area contributed by atoms with E-state index in [2.05, 4.69) is 26.1 Å². The maximum Gasteiger partial charge on any atom is 0.203 e. The molecule has 0 saturated heterocycles. The quantitative estimate of drug-likeness (QED) is 0.792. The SMILES string of the molecule is CCC(C)CNC(C)c1cc(OC)c(OC)c(OC)c1. The monoisotopic (exact) mass is 281 g/mol. The van der Waals surface area contributed by atoms with Crippen molar-refractivity contribution in [1.82, 2.24) is 5.32 Å². The lowest BCUT2D eigenvalue weighted by Gasteiger charge is -2.20. The van der Waals surface area contributed by atoms with Crippen LogP contribution in [0.5, 0.6) is 17.2 Å². The highest BCUT2D eigenvalue weighted by Gasteiger charge is 2.16. The molecular formula is C16H27NO3. The Hall–Kier alpha value is -1.42. The first-order valence-electron chi connectivity index (χ1n) is 7.10. The standard InChI is InChI=1S/C16H27NO3/c1-7-11(2)10-17-12(3)13-8-14(18-4)16(20-6)15(9-13)19-5/h8-9,11-12,17H,7,10H2,1-6H3. The van der Waals surface area contributed by atoms with Gasteiger partial charge in [-0.05, 0) is 37.1 Å². The Bertz CT molecular complexity index is 395. The highest BCUT2D eigenvalue weighted by molar-refractivity contribution is 5.54. The van der Waals surface area contributed by atoms with E-state index in [1.807, 2.05) is 12.1 Å². The van der Waals surface area contributed by atoms with E-state index in [9.17, 15) is 0 Å². The summed E-state index contributed by atoms with van der Waals surface area (Å²) in [6.07, 6.45) is 1.18. The average molecular weight is 281 g/mol. The molecule has 0 fully saturated rings. The lowest BCUT2D eigenvalue weighted by Crippen LogP contribution is -2.24. The van der Waals surface area contributed by atoms with Crippen molar-refractivity contribution in [3.8, 4) is 17.2 Å². The molecule has 0 spiro atoms. The Kier molecular flexibility index (Phi) is 6.65. The Morgan fingerprint density at radius 1 is 1.00 bits per heavy atom. The second-order valence-electron chi connectivity index (χ2n) is 5.10. The van der Waals surface area contributed by atoms with Crippen molar-refractivity contribution in [1.29, 1.82) is 0 Å². The van der Waals surface area contributed by atoms with E-state index in [-0.39, 0.29) is 6.04 Å². The fraction of sp³-hybridized carbons (Fsp3) is 0.625. The average Bonchev–Trinajstić information content (AvgIpc) is 2.50. The molecule has 1 N–H and O–H groups in total. The first-order valence-corrected chi connectivity index (χ1v) is 7.10. The topological polar surface area (TPSA) is 39.7 Å². The van der Waals surface area contributed by atoms with Gasteiger partial charge in [0, 0.05) is 6.04 Å². The van der Waals surface area contributed by atoms with Crippen molar-refractivity contribution in [2.24, 2.45) is 5.92 Å². The van der Waals surface area contributed by atoms with Gasteiger partial charge in [0.05, 0.1) is 21.3 Å². The number of nitrogens with one attached hydrogen (secondary N) is 1. The maximum absolute atomic E-state index is 5.38. The molecule has 4 heteroatoms.